The van der Waals surface area contributed by atoms with Crippen LogP contribution in [0.4, 0.5) is 17.1 Å². The largest absolute Gasteiger partial charge is 0.310 e. The Morgan fingerprint density at radius 2 is 0.928 bits per heavy atom. The van der Waals surface area contributed by atoms with Crippen LogP contribution in [0.25, 0.3) is 92.2 Å². The van der Waals surface area contributed by atoms with Gasteiger partial charge in [-0.1, -0.05) is 167 Å². The molecule has 2 aromatic heterocycles. The third-order valence-corrected chi connectivity index (χ3v) is 16.8. The van der Waals surface area contributed by atoms with Gasteiger partial charge in [-0.15, -0.1) is 11.3 Å². The van der Waals surface area contributed by atoms with E-state index in [0.29, 0.717) is 0 Å². The van der Waals surface area contributed by atoms with Crippen LogP contribution in [0.5, 0.6) is 0 Å². The highest BCUT2D eigenvalue weighted by molar-refractivity contribution is 7.26. The van der Waals surface area contributed by atoms with Gasteiger partial charge in [-0.2, -0.15) is 0 Å². The molecule has 0 saturated carbocycles. The van der Waals surface area contributed by atoms with E-state index in [0.717, 1.165) is 22.7 Å². The van der Waals surface area contributed by atoms with E-state index >= 15 is 0 Å². The molecule has 12 aromatic rings. The molecular formula is C66H48N2S. The van der Waals surface area contributed by atoms with E-state index in [9.17, 15) is 0 Å². The van der Waals surface area contributed by atoms with E-state index in [2.05, 4.69) is 256 Å². The summed E-state index contributed by atoms with van der Waals surface area (Å²) in [5.74, 6) is 0. The van der Waals surface area contributed by atoms with Gasteiger partial charge in [0.15, 0.2) is 0 Å². The molecule has 328 valence electrons. The first-order valence-corrected chi connectivity index (χ1v) is 25.0. The molecule has 0 atom stereocenters. The third kappa shape index (κ3) is 5.90. The van der Waals surface area contributed by atoms with Gasteiger partial charge in [0.2, 0.25) is 0 Å². The normalized spacial score (nSPS) is 14.0. The predicted molar refractivity (Wildman–Crippen MR) is 294 cm³/mol. The lowest BCUT2D eigenvalue weighted by atomic mass is 9.81. The number of hydrogen-bond donors (Lipinski definition) is 0. The van der Waals surface area contributed by atoms with Crippen LogP contribution in [0.3, 0.4) is 0 Å². The summed E-state index contributed by atoms with van der Waals surface area (Å²) in [6.45, 7) is 9.56. The molecule has 0 aliphatic heterocycles. The van der Waals surface area contributed by atoms with E-state index in [1.807, 2.05) is 11.3 Å². The second-order valence-corrected chi connectivity index (χ2v) is 21.2. The van der Waals surface area contributed by atoms with Crippen LogP contribution in [0, 0.1) is 0 Å². The Balaban J connectivity index is 0.967. The van der Waals surface area contributed by atoms with Gasteiger partial charge in [-0.05, 0) is 146 Å². The van der Waals surface area contributed by atoms with E-state index in [4.69, 9.17) is 0 Å². The predicted octanol–water partition coefficient (Wildman–Crippen LogP) is 18.6. The van der Waals surface area contributed by atoms with Gasteiger partial charge in [0.25, 0.3) is 0 Å². The zero-order chi connectivity index (χ0) is 46.2. The molecular weight excluding hydrogens is 853 g/mol. The number of nitrogens with zero attached hydrogens (tertiary/aromatic N) is 2. The highest BCUT2D eigenvalue weighted by Crippen LogP contribution is 2.54. The maximum atomic E-state index is 2.52. The Bertz CT molecular complexity index is 4060. The van der Waals surface area contributed by atoms with Crippen LogP contribution in [0.15, 0.2) is 218 Å². The number of benzene rings is 10. The molecule has 0 fully saturated rings. The van der Waals surface area contributed by atoms with Crippen LogP contribution in [-0.4, -0.2) is 4.57 Å². The van der Waals surface area contributed by atoms with Crippen LogP contribution in [0.1, 0.15) is 49.9 Å². The Labute approximate surface area is 407 Å². The average molecular weight is 901 g/mol. The van der Waals surface area contributed by atoms with Crippen LogP contribution < -0.4 is 4.90 Å². The summed E-state index contributed by atoms with van der Waals surface area (Å²) >= 11 is 1.89. The van der Waals surface area contributed by atoms with Crippen molar-refractivity contribution < 1.29 is 0 Å². The number of para-hydroxylation sites is 1. The highest BCUT2D eigenvalue weighted by atomic mass is 32.1. The lowest BCUT2D eigenvalue weighted by Crippen LogP contribution is -2.16. The summed E-state index contributed by atoms with van der Waals surface area (Å²) in [4.78, 5) is 2.48. The number of aromatic nitrogens is 1. The van der Waals surface area contributed by atoms with Gasteiger partial charge in [0.1, 0.15) is 0 Å². The van der Waals surface area contributed by atoms with Gasteiger partial charge < -0.3 is 9.47 Å². The number of anilines is 3. The SMILES string of the molecule is CC1(C)c2ccccc2-c2ccc(N(c3ccc(-c4cccc5c4sc4ccccc45)cc3)c3ccc4c(c3)c3cc5c(cc3n4-c3ccccc3)-c3ccc(-c4ccccc4)cc3C5(C)C)cc21. The topological polar surface area (TPSA) is 8.17 Å². The fourth-order valence-electron chi connectivity index (χ4n) is 12.1. The molecule has 0 amide bonds. The molecule has 0 saturated heterocycles. The minimum absolute atomic E-state index is 0.139. The van der Waals surface area contributed by atoms with Crippen molar-refractivity contribution in [2.24, 2.45) is 0 Å². The third-order valence-electron chi connectivity index (χ3n) is 15.6. The molecule has 14 rings (SSSR count). The highest BCUT2D eigenvalue weighted by Gasteiger charge is 2.38. The molecule has 2 heterocycles. The van der Waals surface area contributed by atoms with Gasteiger partial charge in [-0.3, -0.25) is 0 Å². The summed E-state index contributed by atoms with van der Waals surface area (Å²) in [5.41, 5.74) is 22.4. The summed E-state index contributed by atoms with van der Waals surface area (Å²) < 4.78 is 5.13. The van der Waals surface area contributed by atoms with Gasteiger partial charge >= 0.3 is 0 Å². The first-order chi connectivity index (χ1) is 33.7. The smallest absolute Gasteiger partial charge is 0.0547 e. The number of thiophene rings is 1. The van der Waals surface area contributed by atoms with Crippen molar-refractivity contribution in [2.45, 2.75) is 38.5 Å². The minimum Gasteiger partial charge on any atom is -0.310 e. The zero-order valence-corrected chi connectivity index (χ0v) is 39.9. The molecule has 10 aromatic carbocycles. The van der Waals surface area contributed by atoms with Crippen LogP contribution in [0.2, 0.25) is 0 Å². The molecule has 2 aliphatic rings. The summed E-state index contributed by atoms with van der Waals surface area (Å²) in [5, 5.41) is 5.13. The molecule has 0 unspecified atom stereocenters. The summed E-state index contributed by atoms with van der Waals surface area (Å²) in [6.07, 6.45) is 0. The fourth-order valence-corrected chi connectivity index (χ4v) is 13.3. The molecule has 2 aliphatic carbocycles. The Kier molecular flexibility index (Phi) is 8.58. The van der Waals surface area contributed by atoms with Crippen molar-refractivity contribution in [1.29, 1.82) is 0 Å². The van der Waals surface area contributed by atoms with E-state index < -0.39 is 0 Å². The maximum absolute atomic E-state index is 2.52. The Morgan fingerprint density at radius 1 is 0.348 bits per heavy atom. The van der Waals surface area contributed by atoms with Crippen molar-refractivity contribution in [3.63, 3.8) is 0 Å². The van der Waals surface area contributed by atoms with Gasteiger partial charge in [0.05, 0.1) is 11.0 Å². The van der Waals surface area contributed by atoms with Gasteiger partial charge in [0, 0.05) is 64.5 Å². The molecule has 69 heavy (non-hydrogen) atoms. The zero-order valence-electron chi connectivity index (χ0n) is 39.1. The quantitative estimate of drug-likeness (QED) is 0.161. The van der Waals surface area contributed by atoms with Crippen molar-refractivity contribution in [3.8, 4) is 50.2 Å². The summed E-state index contributed by atoms with van der Waals surface area (Å²) in [6, 6.07) is 81.8. The molecule has 0 bridgehead atoms. The molecule has 0 N–H and O–H groups in total. The van der Waals surface area contributed by atoms with E-state index in [1.54, 1.807) is 0 Å². The minimum atomic E-state index is -0.189. The lowest BCUT2D eigenvalue weighted by Gasteiger charge is -2.28. The fraction of sp³-hybridized carbons (Fsp3) is 0.0909. The number of fused-ring (bicyclic) bond motifs is 12. The number of rotatable bonds is 6. The summed E-state index contributed by atoms with van der Waals surface area (Å²) in [7, 11) is 0. The van der Waals surface area contributed by atoms with Crippen molar-refractivity contribution in [3.05, 3.63) is 241 Å². The second-order valence-electron chi connectivity index (χ2n) is 20.1. The van der Waals surface area contributed by atoms with Crippen LogP contribution >= 0.6 is 11.3 Å². The molecule has 0 radical (unpaired) electrons. The van der Waals surface area contributed by atoms with Gasteiger partial charge in [-0.25, -0.2) is 0 Å². The lowest BCUT2D eigenvalue weighted by molar-refractivity contribution is 0.660. The maximum Gasteiger partial charge on any atom is 0.0547 e. The average Bonchev–Trinajstić information content (AvgIpc) is 4.07. The molecule has 0 spiro atoms. The van der Waals surface area contributed by atoms with E-state index in [1.165, 1.54) is 109 Å². The standard InChI is InChI=1S/C66H48N2S/c1-65(2)57-24-13-11-20-49(57)50-34-31-47(38-59(50)65)67(45-29-26-42(27-30-45)48-22-15-23-53-52-21-12-14-25-63(52)69-64(48)53)46-32-35-61-55(37-46)56-39-60-54(40-62(56)68(61)44-18-9-6-10-19-44)51-33-28-43(36-58(51)66(60,3)4)41-16-7-5-8-17-41/h5-40H,1-4H3. The monoisotopic (exact) mass is 900 g/mol. The second kappa shape index (κ2) is 14.8. The van der Waals surface area contributed by atoms with Crippen molar-refractivity contribution in [1.82, 2.24) is 4.57 Å². The Hall–Kier alpha value is -7.98. The van der Waals surface area contributed by atoms with Crippen molar-refractivity contribution in [2.75, 3.05) is 4.90 Å². The molecule has 2 nitrogen and oxygen atoms in total. The number of hydrogen-bond acceptors (Lipinski definition) is 2. The van der Waals surface area contributed by atoms with E-state index in [-0.39, 0.29) is 10.8 Å². The van der Waals surface area contributed by atoms with Crippen molar-refractivity contribution >= 4 is 70.4 Å². The first kappa shape index (κ1) is 40.1. The Morgan fingerprint density at radius 3 is 1.77 bits per heavy atom. The van der Waals surface area contributed by atoms with Crippen LogP contribution in [-0.2, 0) is 10.8 Å². The molecule has 3 heteroatoms. The first-order valence-electron chi connectivity index (χ1n) is 24.2.